The van der Waals surface area contributed by atoms with Crippen molar-refractivity contribution in [2.75, 3.05) is 13.1 Å². The van der Waals surface area contributed by atoms with E-state index < -0.39 is 5.69 Å². The van der Waals surface area contributed by atoms with E-state index in [1.807, 2.05) is 12.3 Å². The number of aromatic nitrogens is 3. The molecule has 7 nitrogen and oxygen atoms in total. The van der Waals surface area contributed by atoms with Crippen molar-refractivity contribution in [2.45, 2.75) is 32.2 Å². The first kappa shape index (κ1) is 16.6. The van der Waals surface area contributed by atoms with Crippen molar-refractivity contribution < 1.29 is 4.79 Å². The molecule has 1 aliphatic heterocycles. The van der Waals surface area contributed by atoms with Gasteiger partial charge >= 0.3 is 5.69 Å². The van der Waals surface area contributed by atoms with Crippen LogP contribution in [0, 0.1) is 6.92 Å². The Hall–Kier alpha value is -2.22. The van der Waals surface area contributed by atoms with Gasteiger partial charge < -0.3 is 4.90 Å². The van der Waals surface area contributed by atoms with E-state index in [1.54, 1.807) is 16.2 Å². The number of carbonyl (C=O) groups excluding carboxylic acids is 1. The minimum Gasteiger partial charge on any atom is -0.340 e. The summed E-state index contributed by atoms with van der Waals surface area (Å²) < 4.78 is 2.28. The summed E-state index contributed by atoms with van der Waals surface area (Å²) >= 11 is 1.64. The standard InChI is InChI=1S/C16H20N4O3S/c1-11-10-24-15(17-11)12-4-3-6-19(8-12)14(22)9-20-7-5-13(21)18(2)16(20)23/h5,7,10,12H,3-4,6,8-9H2,1-2H3. The molecule has 0 bridgehead atoms. The monoisotopic (exact) mass is 348 g/mol. The van der Waals surface area contributed by atoms with Crippen LogP contribution in [0.5, 0.6) is 0 Å². The third kappa shape index (κ3) is 3.33. The van der Waals surface area contributed by atoms with Crippen LogP contribution >= 0.6 is 11.3 Å². The molecule has 128 valence electrons. The summed E-state index contributed by atoms with van der Waals surface area (Å²) in [6.07, 6.45) is 3.34. The van der Waals surface area contributed by atoms with Gasteiger partial charge in [0.25, 0.3) is 5.56 Å². The molecule has 0 aliphatic carbocycles. The van der Waals surface area contributed by atoms with E-state index in [4.69, 9.17) is 0 Å². The minimum absolute atomic E-state index is 0.0451. The number of carbonyl (C=O) groups is 1. The molecule has 0 N–H and O–H groups in total. The number of hydrogen-bond donors (Lipinski definition) is 0. The quantitative estimate of drug-likeness (QED) is 0.819. The van der Waals surface area contributed by atoms with Gasteiger partial charge in [-0.1, -0.05) is 0 Å². The molecule has 1 aliphatic rings. The lowest BCUT2D eigenvalue weighted by Gasteiger charge is -2.32. The number of piperidine rings is 1. The molecule has 24 heavy (non-hydrogen) atoms. The molecule has 3 heterocycles. The van der Waals surface area contributed by atoms with E-state index in [0.29, 0.717) is 13.1 Å². The van der Waals surface area contributed by atoms with Gasteiger partial charge in [-0.15, -0.1) is 11.3 Å². The average Bonchev–Trinajstić information content (AvgIpc) is 3.02. The Morgan fingerprint density at radius 3 is 2.92 bits per heavy atom. The number of thiazole rings is 1. The largest absolute Gasteiger partial charge is 0.340 e. The summed E-state index contributed by atoms with van der Waals surface area (Å²) in [5, 5.41) is 3.10. The zero-order chi connectivity index (χ0) is 17.3. The maximum absolute atomic E-state index is 12.6. The minimum atomic E-state index is -0.472. The van der Waals surface area contributed by atoms with Crippen molar-refractivity contribution >= 4 is 17.2 Å². The molecular weight excluding hydrogens is 328 g/mol. The summed E-state index contributed by atoms with van der Waals surface area (Å²) in [6, 6.07) is 1.30. The Kier molecular flexibility index (Phi) is 4.66. The van der Waals surface area contributed by atoms with Gasteiger partial charge in [0.2, 0.25) is 5.91 Å². The normalized spacial score (nSPS) is 17.9. The SMILES string of the molecule is Cc1csc(C2CCCN(C(=O)Cn3ccc(=O)n(C)c3=O)C2)n1. The molecule has 1 atom stereocenters. The van der Waals surface area contributed by atoms with Crippen molar-refractivity contribution in [3.8, 4) is 0 Å². The van der Waals surface area contributed by atoms with Crippen molar-refractivity contribution in [2.24, 2.45) is 7.05 Å². The Bertz CT molecular complexity index is 867. The maximum Gasteiger partial charge on any atom is 0.331 e. The van der Waals surface area contributed by atoms with Crippen LogP contribution in [0.15, 0.2) is 27.2 Å². The summed E-state index contributed by atoms with van der Waals surface area (Å²) in [4.78, 5) is 42.4. The summed E-state index contributed by atoms with van der Waals surface area (Å²) in [7, 11) is 1.41. The van der Waals surface area contributed by atoms with Gasteiger partial charge in [0.1, 0.15) is 6.54 Å². The first-order valence-corrected chi connectivity index (χ1v) is 8.80. The second kappa shape index (κ2) is 6.72. The molecule has 1 fully saturated rings. The molecule has 2 aromatic rings. The number of nitrogens with zero attached hydrogens (tertiary/aromatic N) is 4. The van der Waals surface area contributed by atoms with E-state index in [2.05, 4.69) is 4.98 Å². The van der Waals surface area contributed by atoms with Crippen LogP contribution in [0.25, 0.3) is 0 Å². The second-order valence-electron chi connectivity index (χ2n) is 6.13. The fourth-order valence-electron chi connectivity index (χ4n) is 2.95. The van der Waals surface area contributed by atoms with Gasteiger partial charge in [-0.3, -0.25) is 18.7 Å². The molecule has 2 aromatic heterocycles. The van der Waals surface area contributed by atoms with Crippen LogP contribution in [-0.4, -0.2) is 38.0 Å². The molecule has 0 radical (unpaired) electrons. The van der Waals surface area contributed by atoms with Gasteiger partial charge in [0, 0.05) is 49.4 Å². The lowest BCUT2D eigenvalue weighted by Crippen LogP contribution is -2.44. The Balaban J connectivity index is 1.72. The smallest absolute Gasteiger partial charge is 0.331 e. The predicted molar refractivity (Wildman–Crippen MR) is 91.3 cm³/mol. The van der Waals surface area contributed by atoms with Crippen molar-refractivity contribution in [1.29, 1.82) is 0 Å². The highest BCUT2D eigenvalue weighted by Gasteiger charge is 2.26. The molecule has 1 amide bonds. The molecule has 0 spiro atoms. The maximum atomic E-state index is 12.6. The number of aryl methyl sites for hydroxylation is 1. The number of likely N-dealkylation sites (tertiary alicyclic amines) is 1. The first-order chi connectivity index (χ1) is 11.5. The van der Waals surface area contributed by atoms with Crippen molar-refractivity contribution in [3.63, 3.8) is 0 Å². The fourth-order valence-corrected chi connectivity index (χ4v) is 3.87. The highest BCUT2D eigenvalue weighted by Crippen LogP contribution is 2.29. The zero-order valence-electron chi connectivity index (χ0n) is 13.8. The van der Waals surface area contributed by atoms with Crippen LogP contribution < -0.4 is 11.2 Å². The van der Waals surface area contributed by atoms with Gasteiger partial charge in [0.15, 0.2) is 0 Å². The van der Waals surface area contributed by atoms with Crippen LogP contribution in [0.1, 0.15) is 29.5 Å². The Morgan fingerprint density at radius 2 is 2.21 bits per heavy atom. The van der Waals surface area contributed by atoms with Crippen LogP contribution in [0.2, 0.25) is 0 Å². The predicted octanol–water partition coefficient (Wildman–Crippen LogP) is 0.718. The molecule has 1 saturated heterocycles. The van der Waals surface area contributed by atoms with Gasteiger partial charge in [0.05, 0.1) is 5.01 Å². The van der Waals surface area contributed by atoms with Gasteiger partial charge in [-0.05, 0) is 19.8 Å². The van der Waals surface area contributed by atoms with Crippen molar-refractivity contribution in [1.82, 2.24) is 19.0 Å². The van der Waals surface area contributed by atoms with Crippen molar-refractivity contribution in [3.05, 3.63) is 49.2 Å². The molecule has 1 unspecified atom stereocenters. The second-order valence-corrected chi connectivity index (χ2v) is 7.02. The van der Waals surface area contributed by atoms with E-state index in [0.717, 1.165) is 28.1 Å². The summed E-state index contributed by atoms with van der Waals surface area (Å²) in [6.45, 7) is 3.25. The van der Waals surface area contributed by atoms with Crippen LogP contribution in [0.3, 0.4) is 0 Å². The highest BCUT2D eigenvalue weighted by atomic mass is 32.1. The average molecular weight is 348 g/mol. The van der Waals surface area contributed by atoms with Gasteiger partial charge in [-0.2, -0.15) is 0 Å². The Labute approximate surface area is 143 Å². The molecule has 0 aromatic carbocycles. The Morgan fingerprint density at radius 1 is 1.42 bits per heavy atom. The lowest BCUT2D eigenvalue weighted by molar-refractivity contribution is -0.133. The third-order valence-corrected chi connectivity index (χ3v) is 5.45. The number of hydrogen-bond acceptors (Lipinski definition) is 5. The third-order valence-electron chi connectivity index (χ3n) is 4.33. The topological polar surface area (TPSA) is 77.2 Å². The fraction of sp³-hybridized carbons (Fsp3) is 0.500. The zero-order valence-corrected chi connectivity index (χ0v) is 14.6. The highest BCUT2D eigenvalue weighted by molar-refractivity contribution is 7.09. The first-order valence-electron chi connectivity index (χ1n) is 7.92. The van der Waals surface area contributed by atoms with E-state index in [1.165, 1.54) is 23.9 Å². The van der Waals surface area contributed by atoms with Gasteiger partial charge in [-0.25, -0.2) is 9.78 Å². The number of rotatable bonds is 3. The van der Waals surface area contributed by atoms with E-state index in [-0.39, 0.29) is 23.9 Å². The molecule has 8 heteroatoms. The molecule has 0 saturated carbocycles. The summed E-state index contributed by atoms with van der Waals surface area (Å²) in [5.41, 5.74) is 0.163. The van der Waals surface area contributed by atoms with Crippen LogP contribution in [0.4, 0.5) is 0 Å². The molecule has 3 rings (SSSR count). The lowest BCUT2D eigenvalue weighted by atomic mass is 9.98. The van der Waals surface area contributed by atoms with E-state index in [9.17, 15) is 14.4 Å². The van der Waals surface area contributed by atoms with Crippen LogP contribution in [-0.2, 0) is 18.4 Å². The number of amides is 1. The van der Waals surface area contributed by atoms with E-state index >= 15 is 0 Å². The molecular formula is C16H20N4O3S. The summed E-state index contributed by atoms with van der Waals surface area (Å²) in [5.74, 6) is 0.159.